The van der Waals surface area contributed by atoms with E-state index >= 15 is 0 Å². The van der Waals surface area contributed by atoms with Crippen LogP contribution in [0.2, 0.25) is 0 Å². The van der Waals surface area contributed by atoms with Gasteiger partial charge in [0.15, 0.2) is 0 Å². The summed E-state index contributed by atoms with van der Waals surface area (Å²) in [5.41, 5.74) is 0. The molecule has 2 nitrogen and oxygen atoms in total. The van der Waals surface area contributed by atoms with Gasteiger partial charge in [0.2, 0.25) is 0 Å². The van der Waals surface area contributed by atoms with Gasteiger partial charge in [-0.2, -0.15) is 0 Å². The Morgan fingerprint density at radius 3 is 1.50 bits per heavy atom. The molecular weight excluding hydrogens is 272 g/mol. The van der Waals surface area contributed by atoms with Crippen LogP contribution in [0, 0.1) is 0 Å². The first-order valence-electron chi connectivity index (χ1n) is 0.928. The normalized spacial score (nSPS) is 4.17. The van der Waals surface area contributed by atoms with Gasteiger partial charge in [-0.1, -0.05) is 0 Å². The SMILES string of the molecule is CC(=O)O.[Ag].[Ag]. The molecule has 0 saturated heterocycles. The second-order valence-corrected chi connectivity index (χ2v) is 0.519. The topological polar surface area (TPSA) is 37.3 Å². The van der Waals surface area contributed by atoms with Crippen LogP contribution in [0.4, 0.5) is 0 Å². The second kappa shape index (κ2) is 9.34. The van der Waals surface area contributed by atoms with Crippen molar-refractivity contribution in [1.29, 1.82) is 0 Å². The molecule has 0 unspecified atom stereocenters. The average Bonchev–Trinajstić information content (AvgIpc) is 0.811. The van der Waals surface area contributed by atoms with Crippen molar-refractivity contribution in [3.8, 4) is 0 Å². The molecule has 46 valence electrons. The molecule has 0 fully saturated rings. The van der Waals surface area contributed by atoms with Crippen LogP contribution in [0.5, 0.6) is 0 Å². The van der Waals surface area contributed by atoms with E-state index in [-0.39, 0.29) is 44.8 Å². The number of carbonyl (C=O) groups is 1. The number of carboxylic acid groups (broad SMARTS) is 1. The third-order valence-corrected chi connectivity index (χ3v) is 0. The zero-order valence-corrected chi connectivity index (χ0v) is 5.92. The smallest absolute Gasteiger partial charge is 0.300 e. The summed E-state index contributed by atoms with van der Waals surface area (Å²) < 4.78 is 0. The van der Waals surface area contributed by atoms with Crippen LogP contribution in [-0.4, -0.2) is 11.1 Å². The maximum Gasteiger partial charge on any atom is 0.300 e. The van der Waals surface area contributed by atoms with Crippen molar-refractivity contribution in [1.82, 2.24) is 0 Å². The zero-order valence-electron chi connectivity index (χ0n) is 2.96. The van der Waals surface area contributed by atoms with E-state index in [4.69, 9.17) is 9.90 Å². The van der Waals surface area contributed by atoms with Crippen molar-refractivity contribution in [3.63, 3.8) is 0 Å². The molecule has 0 heterocycles. The molecule has 0 bridgehead atoms. The van der Waals surface area contributed by atoms with E-state index in [0.717, 1.165) is 6.92 Å². The fraction of sp³-hybridized carbons (Fsp3) is 0.500. The van der Waals surface area contributed by atoms with Gasteiger partial charge in [-0.05, 0) is 0 Å². The minimum Gasteiger partial charge on any atom is -0.481 e. The molecule has 0 aromatic heterocycles. The molecule has 0 aliphatic carbocycles. The number of carboxylic acids is 1. The summed E-state index contributed by atoms with van der Waals surface area (Å²) in [6.07, 6.45) is 0. The van der Waals surface area contributed by atoms with Gasteiger partial charge in [0.1, 0.15) is 0 Å². The number of rotatable bonds is 0. The average molecular weight is 276 g/mol. The molecular formula is C2H4Ag2O2. The van der Waals surface area contributed by atoms with Crippen LogP contribution < -0.4 is 0 Å². The number of hydrogen-bond donors (Lipinski definition) is 1. The van der Waals surface area contributed by atoms with E-state index in [1.165, 1.54) is 0 Å². The molecule has 0 aromatic rings. The first-order chi connectivity index (χ1) is 1.73. The minimum atomic E-state index is -0.833. The van der Waals surface area contributed by atoms with Gasteiger partial charge in [0.25, 0.3) is 5.97 Å². The van der Waals surface area contributed by atoms with Gasteiger partial charge in [-0.15, -0.1) is 0 Å². The summed E-state index contributed by atoms with van der Waals surface area (Å²) >= 11 is 0. The standard InChI is InChI=1S/C2H4O2.2Ag/c1-2(3)4;;/h1H3,(H,3,4);;. The van der Waals surface area contributed by atoms with Gasteiger partial charge in [-0.3, -0.25) is 4.79 Å². The van der Waals surface area contributed by atoms with Crippen molar-refractivity contribution < 1.29 is 54.7 Å². The van der Waals surface area contributed by atoms with E-state index in [2.05, 4.69) is 0 Å². The van der Waals surface area contributed by atoms with E-state index in [9.17, 15) is 0 Å². The molecule has 0 saturated carbocycles. The molecule has 1 N–H and O–H groups in total. The largest absolute Gasteiger partial charge is 0.481 e. The Morgan fingerprint density at radius 2 is 1.50 bits per heavy atom. The van der Waals surface area contributed by atoms with E-state index in [1.54, 1.807) is 0 Å². The fourth-order valence-electron chi connectivity index (χ4n) is 0. The van der Waals surface area contributed by atoms with Gasteiger partial charge >= 0.3 is 0 Å². The second-order valence-electron chi connectivity index (χ2n) is 0.519. The Bertz CT molecular complexity index is 32.5. The Labute approximate surface area is 67.3 Å². The fourth-order valence-corrected chi connectivity index (χ4v) is 0. The maximum absolute atomic E-state index is 9.00. The summed E-state index contributed by atoms with van der Waals surface area (Å²) in [7, 11) is 0. The van der Waals surface area contributed by atoms with Crippen LogP contribution in [-0.2, 0) is 49.6 Å². The summed E-state index contributed by atoms with van der Waals surface area (Å²) in [6.45, 7) is 1.08. The van der Waals surface area contributed by atoms with Crippen LogP contribution in [0.25, 0.3) is 0 Å². The third kappa shape index (κ3) is 85.5. The van der Waals surface area contributed by atoms with E-state index in [0.29, 0.717) is 0 Å². The summed E-state index contributed by atoms with van der Waals surface area (Å²) in [5, 5.41) is 7.42. The molecule has 0 amide bonds. The predicted molar refractivity (Wildman–Crippen MR) is 13.3 cm³/mol. The monoisotopic (exact) mass is 274 g/mol. The Hall–Kier alpha value is 0.951. The van der Waals surface area contributed by atoms with Crippen molar-refractivity contribution >= 4 is 5.97 Å². The maximum atomic E-state index is 9.00. The first kappa shape index (κ1) is 15.8. The van der Waals surface area contributed by atoms with Crippen molar-refractivity contribution in [2.45, 2.75) is 6.92 Å². The number of aliphatic carboxylic acids is 1. The predicted octanol–water partition coefficient (Wildman–Crippen LogP) is 0.0859. The molecule has 4 heteroatoms. The van der Waals surface area contributed by atoms with E-state index in [1.807, 2.05) is 0 Å². The van der Waals surface area contributed by atoms with Gasteiger partial charge in [0.05, 0.1) is 0 Å². The van der Waals surface area contributed by atoms with Gasteiger partial charge in [-0.25, -0.2) is 0 Å². The molecule has 0 aromatic carbocycles. The zero-order chi connectivity index (χ0) is 3.58. The van der Waals surface area contributed by atoms with Gasteiger partial charge < -0.3 is 5.11 Å². The van der Waals surface area contributed by atoms with Crippen LogP contribution in [0.1, 0.15) is 6.92 Å². The minimum absolute atomic E-state index is 0. The summed E-state index contributed by atoms with van der Waals surface area (Å²) in [4.78, 5) is 9.00. The molecule has 0 aliphatic rings. The van der Waals surface area contributed by atoms with Gasteiger partial charge in [0, 0.05) is 51.7 Å². The summed E-state index contributed by atoms with van der Waals surface area (Å²) in [5.74, 6) is -0.833. The molecule has 0 atom stereocenters. The van der Waals surface area contributed by atoms with Crippen LogP contribution >= 0.6 is 0 Å². The molecule has 0 spiro atoms. The van der Waals surface area contributed by atoms with Crippen molar-refractivity contribution in [2.75, 3.05) is 0 Å². The molecule has 0 aliphatic heterocycles. The quantitative estimate of drug-likeness (QED) is 0.636. The molecule has 0 rings (SSSR count). The Morgan fingerprint density at radius 1 is 1.50 bits per heavy atom. The van der Waals surface area contributed by atoms with Crippen LogP contribution in [0.15, 0.2) is 0 Å². The van der Waals surface area contributed by atoms with E-state index < -0.39 is 5.97 Å². The summed E-state index contributed by atoms with van der Waals surface area (Å²) in [6, 6.07) is 0. The van der Waals surface area contributed by atoms with Crippen LogP contribution in [0.3, 0.4) is 0 Å². The molecule has 2 radical (unpaired) electrons. The number of hydrogen-bond acceptors (Lipinski definition) is 1. The third-order valence-electron chi connectivity index (χ3n) is 0. The Kier molecular flexibility index (Phi) is 24.6. The first-order valence-corrected chi connectivity index (χ1v) is 0.928. The van der Waals surface area contributed by atoms with Crippen molar-refractivity contribution in [2.24, 2.45) is 0 Å². The molecule has 6 heavy (non-hydrogen) atoms. The Balaban J connectivity index is -0.0000000450. The van der Waals surface area contributed by atoms with Crippen molar-refractivity contribution in [3.05, 3.63) is 0 Å².